The molecule has 1 aromatic rings. The van der Waals surface area contributed by atoms with Crippen LogP contribution in [0.1, 0.15) is 11.1 Å². The van der Waals surface area contributed by atoms with Crippen LogP contribution in [0.25, 0.3) is 0 Å². The highest BCUT2D eigenvalue weighted by Gasteiger charge is 2.09. The maximum atomic E-state index is 3.94. The van der Waals surface area contributed by atoms with Gasteiger partial charge in [0.25, 0.3) is 0 Å². The van der Waals surface area contributed by atoms with Crippen molar-refractivity contribution in [1.82, 2.24) is 0 Å². The summed E-state index contributed by atoms with van der Waals surface area (Å²) in [6.45, 7) is 4.40. The van der Waals surface area contributed by atoms with E-state index >= 15 is 0 Å². The van der Waals surface area contributed by atoms with Gasteiger partial charge in [0.15, 0.2) is 0 Å². The summed E-state index contributed by atoms with van der Waals surface area (Å²) < 4.78 is 0. The molecule has 0 radical (unpaired) electrons. The van der Waals surface area contributed by atoms with E-state index in [2.05, 4.69) is 28.4 Å². The van der Waals surface area contributed by atoms with E-state index in [9.17, 15) is 0 Å². The van der Waals surface area contributed by atoms with Crippen LogP contribution in [0.2, 0.25) is 0 Å². The van der Waals surface area contributed by atoms with Crippen molar-refractivity contribution in [1.29, 1.82) is 0 Å². The first-order valence-electron chi connectivity index (χ1n) is 4.26. The molecule has 3 heteroatoms. The third-order valence-electron chi connectivity index (χ3n) is 2.11. The quantitative estimate of drug-likeness (QED) is 0.686. The summed E-state index contributed by atoms with van der Waals surface area (Å²) in [5.41, 5.74) is 6.46. The van der Waals surface area contributed by atoms with Gasteiger partial charge >= 0.3 is 0 Å². The number of allylic oxidation sites excluding steroid dienone is 1. The van der Waals surface area contributed by atoms with Gasteiger partial charge in [-0.1, -0.05) is 23.4 Å². The van der Waals surface area contributed by atoms with Gasteiger partial charge in [0, 0.05) is 5.56 Å². The second-order valence-corrected chi connectivity index (χ2v) is 2.95. The van der Waals surface area contributed by atoms with Gasteiger partial charge in [-0.2, -0.15) is 5.11 Å². The summed E-state index contributed by atoms with van der Waals surface area (Å²) in [6.07, 6.45) is 2.79. The van der Waals surface area contributed by atoms with Crippen molar-refractivity contribution in [2.75, 3.05) is 5.43 Å². The van der Waals surface area contributed by atoms with Gasteiger partial charge in [-0.25, -0.2) is 0 Å². The van der Waals surface area contributed by atoms with E-state index in [1.807, 2.05) is 18.2 Å². The van der Waals surface area contributed by atoms with Crippen molar-refractivity contribution >= 4 is 5.69 Å². The van der Waals surface area contributed by atoms with E-state index in [1.165, 1.54) is 11.1 Å². The smallest absolute Gasteiger partial charge is 0.0894 e. The number of hydrogen-bond acceptors (Lipinski definition) is 3. The summed E-state index contributed by atoms with van der Waals surface area (Å²) in [4.78, 5) is 0. The van der Waals surface area contributed by atoms with Gasteiger partial charge in [0.1, 0.15) is 0 Å². The van der Waals surface area contributed by atoms with E-state index in [4.69, 9.17) is 0 Å². The number of rotatable bonds is 2. The Balaban J connectivity index is 2.42. The first-order chi connectivity index (χ1) is 6.42. The van der Waals surface area contributed by atoms with Crippen molar-refractivity contribution < 1.29 is 0 Å². The Morgan fingerprint density at radius 3 is 3.31 bits per heavy atom. The number of hydrogen-bond donors (Lipinski definition) is 1. The van der Waals surface area contributed by atoms with Gasteiger partial charge in [-0.3, -0.25) is 5.43 Å². The summed E-state index contributed by atoms with van der Waals surface area (Å²) in [5.74, 6) is 0. The fourth-order valence-electron chi connectivity index (χ4n) is 1.47. The topological polar surface area (TPSA) is 36.8 Å². The fraction of sp³-hybridized carbons (Fsp3) is 0.200. The highest BCUT2D eigenvalue weighted by molar-refractivity contribution is 5.55. The summed E-state index contributed by atoms with van der Waals surface area (Å²) in [7, 11) is 0. The molecule has 2 rings (SSSR count). The molecule has 0 saturated heterocycles. The zero-order valence-electron chi connectivity index (χ0n) is 7.33. The molecular weight excluding hydrogens is 162 g/mol. The molecule has 1 aromatic carbocycles. The summed E-state index contributed by atoms with van der Waals surface area (Å²) in [5, 5.41) is 7.71. The second-order valence-electron chi connectivity index (χ2n) is 2.95. The first-order valence-corrected chi connectivity index (χ1v) is 4.26. The Labute approximate surface area is 77.2 Å². The minimum Gasteiger partial charge on any atom is -0.260 e. The summed E-state index contributed by atoms with van der Waals surface area (Å²) >= 11 is 0. The van der Waals surface area contributed by atoms with Gasteiger partial charge < -0.3 is 0 Å². The zero-order chi connectivity index (χ0) is 9.10. The average Bonchev–Trinajstić information content (AvgIpc) is 2.19. The standard InChI is InChI=1S/C10H11N3/c1-2-4-8-5-3-6-10-9(8)7-11-13-12-10/h2-3,5-6H,1,4,7H2,(H,11,12). The van der Waals surface area contributed by atoms with Crippen LogP contribution in [0, 0.1) is 0 Å². The van der Waals surface area contributed by atoms with E-state index in [0.29, 0.717) is 6.54 Å². The minimum absolute atomic E-state index is 0.673. The molecule has 0 aliphatic carbocycles. The highest BCUT2D eigenvalue weighted by Crippen LogP contribution is 2.24. The molecule has 0 atom stereocenters. The fourth-order valence-corrected chi connectivity index (χ4v) is 1.47. The lowest BCUT2D eigenvalue weighted by atomic mass is 10.0. The molecule has 0 fully saturated rings. The number of fused-ring (bicyclic) bond motifs is 1. The average molecular weight is 173 g/mol. The zero-order valence-corrected chi connectivity index (χ0v) is 7.33. The monoisotopic (exact) mass is 173 g/mol. The van der Waals surface area contributed by atoms with Crippen LogP contribution in [-0.4, -0.2) is 0 Å². The number of nitrogens with one attached hydrogen (secondary N) is 1. The molecule has 13 heavy (non-hydrogen) atoms. The van der Waals surface area contributed by atoms with Crippen LogP contribution in [0.15, 0.2) is 41.2 Å². The Hall–Kier alpha value is -1.64. The van der Waals surface area contributed by atoms with Crippen LogP contribution in [0.3, 0.4) is 0 Å². The lowest BCUT2D eigenvalue weighted by molar-refractivity contribution is 0.875. The van der Waals surface area contributed by atoms with Crippen molar-refractivity contribution in [3.05, 3.63) is 42.0 Å². The molecule has 0 unspecified atom stereocenters. The van der Waals surface area contributed by atoms with E-state index < -0.39 is 0 Å². The molecular formula is C10H11N3. The molecule has 3 nitrogen and oxygen atoms in total. The molecule has 0 amide bonds. The minimum atomic E-state index is 0.673. The van der Waals surface area contributed by atoms with Crippen molar-refractivity contribution in [3.8, 4) is 0 Å². The molecule has 0 saturated carbocycles. The van der Waals surface area contributed by atoms with Crippen LogP contribution in [0.5, 0.6) is 0 Å². The first kappa shape index (κ1) is 7.98. The van der Waals surface area contributed by atoms with Gasteiger partial charge in [-0.05, 0) is 18.1 Å². The predicted molar refractivity (Wildman–Crippen MR) is 52.5 cm³/mol. The molecule has 66 valence electrons. The maximum absolute atomic E-state index is 3.94. The van der Waals surface area contributed by atoms with Crippen LogP contribution < -0.4 is 5.43 Å². The third kappa shape index (κ3) is 1.45. The number of nitrogens with zero attached hydrogens (tertiary/aromatic N) is 2. The molecule has 1 aliphatic rings. The molecule has 1 heterocycles. The van der Waals surface area contributed by atoms with Gasteiger partial charge in [0.05, 0.1) is 12.2 Å². The van der Waals surface area contributed by atoms with Gasteiger partial charge in [-0.15, -0.1) is 6.58 Å². The Morgan fingerprint density at radius 1 is 1.54 bits per heavy atom. The van der Waals surface area contributed by atoms with Crippen LogP contribution >= 0.6 is 0 Å². The van der Waals surface area contributed by atoms with E-state index in [0.717, 1.165) is 12.1 Å². The van der Waals surface area contributed by atoms with Crippen molar-refractivity contribution in [2.24, 2.45) is 10.3 Å². The van der Waals surface area contributed by atoms with E-state index in [1.54, 1.807) is 0 Å². The third-order valence-corrected chi connectivity index (χ3v) is 2.11. The van der Waals surface area contributed by atoms with E-state index in [-0.39, 0.29) is 0 Å². The Bertz CT molecular complexity index is 355. The molecule has 0 aromatic heterocycles. The Kier molecular flexibility index (Phi) is 2.08. The van der Waals surface area contributed by atoms with Crippen LogP contribution in [0.4, 0.5) is 5.69 Å². The van der Waals surface area contributed by atoms with Crippen molar-refractivity contribution in [2.45, 2.75) is 13.0 Å². The van der Waals surface area contributed by atoms with Gasteiger partial charge in [0.2, 0.25) is 0 Å². The SMILES string of the molecule is C=CCc1cccc2c1CN=NN2. The van der Waals surface area contributed by atoms with Crippen LogP contribution in [-0.2, 0) is 13.0 Å². The lowest BCUT2D eigenvalue weighted by Gasteiger charge is -2.13. The molecule has 1 N–H and O–H groups in total. The normalized spacial score (nSPS) is 13.2. The number of benzene rings is 1. The largest absolute Gasteiger partial charge is 0.260 e. The highest BCUT2D eigenvalue weighted by atomic mass is 15.4. The molecule has 0 spiro atoms. The number of anilines is 1. The molecule has 0 bridgehead atoms. The maximum Gasteiger partial charge on any atom is 0.0894 e. The molecule has 1 aliphatic heterocycles. The second kappa shape index (κ2) is 3.39. The lowest BCUT2D eigenvalue weighted by Crippen LogP contribution is -2.02. The summed E-state index contributed by atoms with van der Waals surface area (Å²) in [6, 6.07) is 6.13. The van der Waals surface area contributed by atoms with Crippen molar-refractivity contribution in [3.63, 3.8) is 0 Å². The Morgan fingerprint density at radius 2 is 2.46 bits per heavy atom. The predicted octanol–water partition coefficient (Wildman–Crippen LogP) is 2.71.